The van der Waals surface area contributed by atoms with Gasteiger partial charge in [0.05, 0.1) is 10.0 Å². The van der Waals surface area contributed by atoms with Gasteiger partial charge in [-0.05, 0) is 87.9 Å². The van der Waals surface area contributed by atoms with Crippen LogP contribution < -0.4 is 5.32 Å². The maximum Gasteiger partial charge on any atom is 0.253 e. The van der Waals surface area contributed by atoms with Crippen molar-refractivity contribution in [2.75, 3.05) is 39.8 Å². The second-order valence-corrected chi connectivity index (χ2v) is 11.5. The largest absolute Gasteiger partial charge is 0.338 e. The van der Waals surface area contributed by atoms with Gasteiger partial charge in [-0.15, -0.1) is 0 Å². The van der Waals surface area contributed by atoms with Crippen LogP contribution in [0.25, 0.3) is 0 Å². The zero-order valence-corrected chi connectivity index (χ0v) is 24.5. The molecule has 1 N–H and O–H groups in total. The lowest BCUT2D eigenvalue weighted by Crippen LogP contribution is -2.50. The number of likely N-dealkylation sites (tertiary alicyclic amines) is 2. The Morgan fingerprint density at radius 3 is 2.05 bits per heavy atom. The summed E-state index contributed by atoms with van der Waals surface area (Å²) < 4.78 is 0. The monoisotopic (exact) mass is 565 g/mol. The molecule has 2 saturated heterocycles. The van der Waals surface area contributed by atoms with Gasteiger partial charge in [0, 0.05) is 37.3 Å². The van der Waals surface area contributed by atoms with E-state index in [4.69, 9.17) is 23.2 Å². The van der Waals surface area contributed by atoms with Crippen LogP contribution in [0.2, 0.25) is 10.0 Å². The van der Waals surface area contributed by atoms with E-state index in [1.165, 1.54) is 31.4 Å². The molecule has 2 aliphatic heterocycles. The molecule has 0 spiro atoms. The van der Waals surface area contributed by atoms with E-state index >= 15 is 0 Å². The zero-order chi connectivity index (χ0) is 27.5. The number of halogens is 2. The van der Waals surface area contributed by atoms with Crippen LogP contribution in [0.5, 0.6) is 0 Å². The summed E-state index contributed by atoms with van der Waals surface area (Å²) in [5.74, 6) is 0.845. The maximum absolute atomic E-state index is 12.8. The summed E-state index contributed by atoms with van der Waals surface area (Å²) in [7, 11) is 2.11. The Balaban J connectivity index is 0.000000379. The first-order valence-electron chi connectivity index (χ1n) is 14.2. The average molecular weight is 567 g/mol. The van der Waals surface area contributed by atoms with Crippen molar-refractivity contribution in [1.82, 2.24) is 15.1 Å². The number of benzene rings is 3. The normalized spacial score (nSPS) is 19.2. The minimum atomic E-state index is 0.124. The lowest BCUT2D eigenvalue weighted by atomic mass is 9.81. The number of carbonyl (C=O) groups excluding carboxylic acids is 1. The Morgan fingerprint density at radius 1 is 0.872 bits per heavy atom. The molecule has 3 aromatic rings. The van der Waals surface area contributed by atoms with Gasteiger partial charge in [0.25, 0.3) is 5.91 Å². The van der Waals surface area contributed by atoms with E-state index in [9.17, 15) is 4.79 Å². The molecule has 5 rings (SSSR count). The van der Waals surface area contributed by atoms with Gasteiger partial charge in [-0.25, -0.2) is 0 Å². The Morgan fingerprint density at radius 2 is 1.46 bits per heavy atom. The third-order valence-corrected chi connectivity index (χ3v) is 9.01. The number of amides is 1. The van der Waals surface area contributed by atoms with Crippen molar-refractivity contribution in [2.24, 2.45) is 5.92 Å². The molecule has 39 heavy (non-hydrogen) atoms. The number of rotatable bonds is 7. The fraction of sp³-hybridized carbons (Fsp3) is 0.424. The molecule has 2 heterocycles. The minimum Gasteiger partial charge on any atom is -0.338 e. The van der Waals surface area contributed by atoms with Crippen molar-refractivity contribution in [2.45, 2.75) is 44.1 Å². The number of piperidine rings is 2. The summed E-state index contributed by atoms with van der Waals surface area (Å²) >= 11 is 11.2. The van der Waals surface area contributed by atoms with Crippen LogP contribution in [-0.2, 0) is 5.54 Å². The van der Waals surface area contributed by atoms with E-state index in [1.807, 2.05) is 42.5 Å². The van der Waals surface area contributed by atoms with Crippen molar-refractivity contribution in [3.8, 4) is 0 Å². The molecular weight excluding hydrogens is 525 g/mol. The number of nitrogens with zero attached hydrogens (tertiary/aromatic N) is 2. The van der Waals surface area contributed by atoms with E-state index < -0.39 is 0 Å². The first-order chi connectivity index (χ1) is 19.0. The van der Waals surface area contributed by atoms with Crippen LogP contribution in [0.1, 0.15) is 54.4 Å². The molecule has 0 radical (unpaired) electrons. The van der Waals surface area contributed by atoms with Crippen molar-refractivity contribution in [1.29, 1.82) is 0 Å². The van der Waals surface area contributed by atoms with Crippen LogP contribution in [0.3, 0.4) is 0 Å². The summed E-state index contributed by atoms with van der Waals surface area (Å²) in [5.41, 5.74) is 2.37. The average Bonchev–Trinajstić information content (AvgIpc) is 3.00. The lowest BCUT2D eigenvalue weighted by Gasteiger charge is -2.42. The predicted octanol–water partition coefficient (Wildman–Crippen LogP) is 7.52. The first-order valence-corrected chi connectivity index (χ1v) is 15.0. The molecular formula is C33H41Cl2N3O. The molecule has 0 aliphatic carbocycles. The number of nitrogens with one attached hydrogen (secondary N) is 1. The van der Waals surface area contributed by atoms with Gasteiger partial charge < -0.3 is 15.1 Å². The molecule has 0 aromatic heterocycles. The smallest absolute Gasteiger partial charge is 0.253 e. The third-order valence-electron chi connectivity index (χ3n) is 8.25. The SMILES string of the molecule is CNC1(c2ccccc2)CCN(CCCC2CCCN(C(=O)c3ccccc3)C2)CC1.Clc1ccccc1Cl. The van der Waals surface area contributed by atoms with Crippen molar-refractivity contribution in [3.63, 3.8) is 0 Å². The van der Waals surface area contributed by atoms with Gasteiger partial charge in [-0.1, -0.05) is 83.9 Å². The van der Waals surface area contributed by atoms with Crippen molar-refractivity contribution < 1.29 is 4.79 Å². The molecule has 1 amide bonds. The maximum atomic E-state index is 12.8. The minimum absolute atomic E-state index is 0.124. The standard InChI is InChI=1S/C27H37N3O.C6H4Cl2/c1-28-27(25-14-6-3-7-15-25)16-20-29(21-17-27)18-8-10-23-11-9-19-30(22-23)26(31)24-12-4-2-5-13-24;7-5-3-1-2-4-6(5)8/h2-7,12-15,23,28H,8-11,16-22H2,1H3;1-4H. The molecule has 0 bridgehead atoms. The fourth-order valence-electron chi connectivity index (χ4n) is 5.89. The van der Waals surface area contributed by atoms with E-state index in [2.05, 4.69) is 52.5 Å². The molecule has 1 unspecified atom stereocenters. The highest BCUT2D eigenvalue weighted by Gasteiger charge is 2.34. The van der Waals surface area contributed by atoms with Crippen LogP contribution in [0.4, 0.5) is 0 Å². The van der Waals surface area contributed by atoms with Gasteiger partial charge in [0.15, 0.2) is 0 Å². The van der Waals surface area contributed by atoms with Crippen LogP contribution >= 0.6 is 23.2 Å². The highest BCUT2D eigenvalue weighted by molar-refractivity contribution is 6.41. The van der Waals surface area contributed by atoms with Crippen molar-refractivity contribution >= 4 is 29.1 Å². The quantitative estimate of drug-likeness (QED) is 0.321. The number of hydrogen-bond acceptors (Lipinski definition) is 3. The summed E-state index contributed by atoms with van der Waals surface area (Å²) in [4.78, 5) is 17.5. The molecule has 4 nitrogen and oxygen atoms in total. The van der Waals surface area contributed by atoms with Crippen LogP contribution in [-0.4, -0.2) is 55.5 Å². The Kier molecular flexibility index (Phi) is 11.3. The number of hydrogen-bond donors (Lipinski definition) is 1. The highest BCUT2D eigenvalue weighted by Crippen LogP contribution is 2.33. The van der Waals surface area contributed by atoms with Gasteiger partial charge in [-0.3, -0.25) is 4.79 Å². The Hall–Kier alpha value is -2.37. The molecule has 208 valence electrons. The van der Waals surface area contributed by atoms with Gasteiger partial charge >= 0.3 is 0 Å². The molecule has 2 fully saturated rings. The van der Waals surface area contributed by atoms with Crippen LogP contribution in [0.15, 0.2) is 84.9 Å². The molecule has 1 atom stereocenters. The number of carbonyl (C=O) groups is 1. The van der Waals surface area contributed by atoms with Crippen molar-refractivity contribution in [3.05, 3.63) is 106 Å². The molecule has 0 saturated carbocycles. The zero-order valence-electron chi connectivity index (χ0n) is 23.0. The highest BCUT2D eigenvalue weighted by atomic mass is 35.5. The van der Waals surface area contributed by atoms with E-state index in [-0.39, 0.29) is 11.4 Å². The second-order valence-electron chi connectivity index (χ2n) is 10.7. The summed E-state index contributed by atoms with van der Waals surface area (Å²) in [6, 6.07) is 27.9. The van der Waals surface area contributed by atoms with Crippen LogP contribution in [0, 0.1) is 5.92 Å². The lowest BCUT2D eigenvalue weighted by molar-refractivity contribution is 0.0662. The fourth-order valence-corrected chi connectivity index (χ4v) is 6.16. The molecule has 2 aliphatic rings. The van der Waals surface area contributed by atoms with E-state index in [1.54, 1.807) is 12.1 Å². The predicted molar refractivity (Wildman–Crippen MR) is 164 cm³/mol. The Labute approximate surface area is 244 Å². The Bertz CT molecular complexity index is 1130. The summed E-state index contributed by atoms with van der Waals surface area (Å²) in [5, 5.41) is 4.84. The second kappa shape index (κ2) is 14.9. The van der Waals surface area contributed by atoms with E-state index in [0.717, 1.165) is 51.0 Å². The summed E-state index contributed by atoms with van der Waals surface area (Å²) in [6.07, 6.45) is 7.18. The van der Waals surface area contributed by atoms with Gasteiger partial charge in [0.2, 0.25) is 0 Å². The van der Waals surface area contributed by atoms with E-state index in [0.29, 0.717) is 16.0 Å². The molecule has 3 aromatic carbocycles. The van der Waals surface area contributed by atoms with Gasteiger partial charge in [0.1, 0.15) is 0 Å². The third kappa shape index (κ3) is 8.31. The first kappa shape index (κ1) is 29.6. The molecule has 6 heteroatoms. The summed E-state index contributed by atoms with van der Waals surface area (Å²) in [6.45, 7) is 5.31. The van der Waals surface area contributed by atoms with Gasteiger partial charge in [-0.2, -0.15) is 0 Å². The topological polar surface area (TPSA) is 35.6 Å².